The van der Waals surface area contributed by atoms with Crippen LogP contribution in [0.2, 0.25) is 0 Å². The summed E-state index contributed by atoms with van der Waals surface area (Å²) < 4.78 is 5.89. The Hall–Kier alpha value is -0.310. The van der Waals surface area contributed by atoms with E-state index >= 15 is 0 Å². The van der Waals surface area contributed by atoms with Gasteiger partial charge in [0.2, 0.25) is 0 Å². The summed E-state index contributed by atoms with van der Waals surface area (Å²) in [4.78, 5) is 24.3. The Labute approximate surface area is 163 Å². The van der Waals surface area contributed by atoms with Crippen molar-refractivity contribution in [3.63, 3.8) is 0 Å². The molecular weight excluding hydrogens is 347 g/mol. The predicted octanol–water partition coefficient (Wildman–Crippen LogP) is 5.20. The van der Waals surface area contributed by atoms with Crippen LogP contribution in [-0.4, -0.2) is 34.2 Å². The van der Waals surface area contributed by atoms with Gasteiger partial charge in [-0.25, -0.2) is 0 Å². The number of hydrogen-bond donors (Lipinski definition) is 1. The standard InChI is InChI=1S/C21H41O4P/c1-5-8-9-10-12-16-19(23)21(26,7-3)25-17-14-11-13-15-18(22)20(4,24)6-2/h24H,5-17,26H2,1-4H3. The van der Waals surface area contributed by atoms with Crippen molar-refractivity contribution < 1.29 is 19.4 Å². The molecule has 0 fully saturated rings. The van der Waals surface area contributed by atoms with Gasteiger partial charge in [-0.05, 0) is 39.0 Å². The predicted molar refractivity (Wildman–Crippen MR) is 111 cm³/mol. The van der Waals surface area contributed by atoms with Crippen molar-refractivity contribution in [2.24, 2.45) is 0 Å². The van der Waals surface area contributed by atoms with Crippen LogP contribution in [0.1, 0.15) is 105 Å². The number of aliphatic hydroxyl groups is 1. The van der Waals surface area contributed by atoms with E-state index in [4.69, 9.17) is 4.74 Å². The molecule has 0 spiro atoms. The lowest BCUT2D eigenvalue weighted by atomic mass is 9.94. The molecule has 3 atom stereocenters. The second-order valence-electron chi connectivity index (χ2n) is 7.54. The van der Waals surface area contributed by atoms with E-state index < -0.39 is 10.9 Å². The van der Waals surface area contributed by atoms with E-state index in [1.165, 1.54) is 19.3 Å². The third-order valence-electron chi connectivity index (χ3n) is 5.20. The fraction of sp³-hybridized carbons (Fsp3) is 0.905. The Balaban J connectivity index is 4.01. The van der Waals surface area contributed by atoms with Crippen molar-refractivity contribution >= 4 is 20.8 Å². The van der Waals surface area contributed by atoms with Gasteiger partial charge in [0.15, 0.2) is 11.6 Å². The molecular formula is C21H41O4P. The molecule has 5 heteroatoms. The normalized spacial score (nSPS) is 16.1. The third kappa shape index (κ3) is 10.1. The second-order valence-corrected chi connectivity index (χ2v) is 8.47. The second kappa shape index (κ2) is 13.8. The zero-order chi connectivity index (χ0) is 20.1. The van der Waals surface area contributed by atoms with Crippen molar-refractivity contribution in [3.8, 4) is 0 Å². The zero-order valence-corrected chi connectivity index (χ0v) is 18.6. The molecule has 0 aromatic rings. The van der Waals surface area contributed by atoms with E-state index in [1.807, 2.05) is 13.8 Å². The van der Waals surface area contributed by atoms with Gasteiger partial charge in [-0.3, -0.25) is 9.59 Å². The zero-order valence-electron chi connectivity index (χ0n) is 17.4. The molecule has 0 aliphatic heterocycles. The van der Waals surface area contributed by atoms with Crippen LogP contribution >= 0.6 is 9.24 Å². The Bertz CT molecular complexity index is 409. The molecule has 0 aromatic heterocycles. The van der Waals surface area contributed by atoms with Crippen molar-refractivity contribution in [2.45, 2.75) is 116 Å². The number of ketones is 2. The highest BCUT2D eigenvalue weighted by Gasteiger charge is 2.31. The maximum Gasteiger partial charge on any atom is 0.168 e. The van der Waals surface area contributed by atoms with Gasteiger partial charge in [-0.2, -0.15) is 0 Å². The van der Waals surface area contributed by atoms with Gasteiger partial charge in [-0.1, -0.05) is 62.1 Å². The molecule has 3 unspecified atom stereocenters. The SMILES string of the molecule is CCCCCCCC(=O)C(P)(CC)OCCCCCC(=O)C(C)(O)CC. The van der Waals surface area contributed by atoms with E-state index in [0.29, 0.717) is 32.3 Å². The Morgan fingerprint density at radius 1 is 0.846 bits per heavy atom. The number of carbonyl (C=O) groups is 2. The summed E-state index contributed by atoms with van der Waals surface area (Å²) in [7, 11) is 2.62. The van der Waals surface area contributed by atoms with Gasteiger partial charge < -0.3 is 9.84 Å². The van der Waals surface area contributed by atoms with Crippen LogP contribution in [0, 0.1) is 0 Å². The highest BCUT2D eigenvalue weighted by molar-refractivity contribution is 7.20. The van der Waals surface area contributed by atoms with Crippen LogP contribution < -0.4 is 0 Å². The van der Waals surface area contributed by atoms with Crippen LogP contribution in [0.4, 0.5) is 0 Å². The van der Waals surface area contributed by atoms with Crippen molar-refractivity contribution in [3.05, 3.63) is 0 Å². The molecule has 1 N–H and O–H groups in total. The monoisotopic (exact) mass is 388 g/mol. The van der Waals surface area contributed by atoms with Crippen LogP contribution in [0.5, 0.6) is 0 Å². The summed E-state index contributed by atoms with van der Waals surface area (Å²) in [6.45, 7) is 8.09. The summed E-state index contributed by atoms with van der Waals surface area (Å²) in [6.07, 6.45) is 10.2. The maximum absolute atomic E-state index is 12.5. The summed E-state index contributed by atoms with van der Waals surface area (Å²) >= 11 is 0. The summed E-state index contributed by atoms with van der Waals surface area (Å²) in [6, 6.07) is 0. The maximum atomic E-state index is 12.5. The molecule has 4 nitrogen and oxygen atoms in total. The average Bonchev–Trinajstić information content (AvgIpc) is 2.63. The lowest BCUT2D eigenvalue weighted by Gasteiger charge is -2.27. The number of hydrogen-bond acceptors (Lipinski definition) is 4. The summed E-state index contributed by atoms with van der Waals surface area (Å²) in [5, 5.41) is 9.14. The molecule has 0 amide bonds. The molecule has 0 aliphatic carbocycles. The molecule has 0 aromatic carbocycles. The molecule has 26 heavy (non-hydrogen) atoms. The lowest BCUT2D eigenvalue weighted by Crippen LogP contribution is -2.35. The Morgan fingerprint density at radius 3 is 1.92 bits per heavy atom. The van der Waals surface area contributed by atoms with Gasteiger partial charge in [0.05, 0.1) is 0 Å². The van der Waals surface area contributed by atoms with Crippen molar-refractivity contribution in [1.29, 1.82) is 0 Å². The molecule has 0 saturated heterocycles. The highest BCUT2D eigenvalue weighted by atomic mass is 31.0. The van der Waals surface area contributed by atoms with Gasteiger partial charge in [0, 0.05) is 19.4 Å². The van der Waals surface area contributed by atoms with Crippen LogP contribution in [0.15, 0.2) is 0 Å². The van der Waals surface area contributed by atoms with Crippen LogP contribution in [-0.2, 0) is 14.3 Å². The minimum absolute atomic E-state index is 0.0897. The topological polar surface area (TPSA) is 63.6 Å². The highest BCUT2D eigenvalue weighted by Crippen LogP contribution is 2.28. The number of carbonyl (C=O) groups excluding carboxylic acids is 2. The smallest absolute Gasteiger partial charge is 0.168 e. The lowest BCUT2D eigenvalue weighted by molar-refractivity contribution is -0.136. The fourth-order valence-electron chi connectivity index (χ4n) is 2.77. The van der Waals surface area contributed by atoms with Gasteiger partial charge in [-0.15, -0.1) is 0 Å². The quantitative estimate of drug-likeness (QED) is 0.275. The first-order valence-electron chi connectivity index (χ1n) is 10.4. The average molecular weight is 389 g/mol. The molecule has 154 valence electrons. The number of rotatable bonds is 17. The van der Waals surface area contributed by atoms with E-state index in [9.17, 15) is 14.7 Å². The van der Waals surface area contributed by atoms with E-state index in [-0.39, 0.29) is 11.6 Å². The van der Waals surface area contributed by atoms with Gasteiger partial charge in [0.25, 0.3) is 0 Å². The minimum Gasteiger partial charge on any atom is -0.382 e. The van der Waals surface area contributed by atoms with E-state index in [1.54, 1.807) is 6.92 Å². The molecule has 0 bridgehead atoms. The number of Topliss-reactive ketones (excluding diaryl/α,β-unsaturated/α-hetero) is 2. The van der Waals surface area contributed by atoms with E-state index in [2.05, 4.69) is 16.2 Å². The first-order chi connectivity index (χ1) is 12.2. The van der Waals surface area contributed by atoms with Gasteiger partial charge in [0.1, 0.15) is 10.9 Å². The Kier molecular flexibility index (Phi) is 13.6. The molecule has 0 heterocycles. The van der Waals surface area contributed by atoms with Crippen molar-refractivity contribution in [1.82, 2.24) is 0 Å². The number of unbranched alkanes of at least 4 members (excludes halogenated alkanes) is 6. The van der Waals surface area contributed by atoms with Crippen LogP contribution in [0.3, 0.4) is 0 Å². The van der Waals surface area contributed by atoms with E-state index in [0.717, 1.165) is 32.1 Å². The summed E-state index contributed by atoms with van der Waals surface area (Å²) in [5.74, 6) is 0.0868. The fourth-order valence-corrected chi connectivity index (χ4v) is 3.03. The molecule has 0 saturated carbocycles. The summed E-state index contributed by atoms with van der Waals surface area (Å²) in [5.41, 5.74) is -1.20. The first kappa shape index (κ1) is 25.7. The van der Waals surface area contributed by atoms with Crippen molar-refractivity contribution in [2.75, 3.05) is 6.61 Å². The van der Waals surface area contributed by atoms with Gasteiger partial charge >= 0.3 is 0 Å². The minimum atomic E-state index is -1.20. The van der Waals surface area contributed by atoms with Crippen LogP contribution in [0.25, 0.3) is 0 Å². The third-order valence-corrected chi connectivity index (χ3v) is 6.10. The largest absolute Gasteiger partial charge is 0.382 e. The first-order valence-corrected chi connectivity index (χ1v) is 11.0. The molecule has 0 rings (SSSR count). The number of ether oxygens (including phenoxy) is 1. The Morgan fingerprint density at radius 2 is 1.38 bits per heavy atom. The molecule has 0 aliphatic rings. The molecule has 0 radical (unpaired) electrons.